The first-order valence-electron chi connectivity index (χ1n) is 6.32. The van der Waals surface area contributed by atoms with Crippen molar-refractivity contribution in [2.75, 3.05) is 6.54 Å². The Morgan fingerprint density at radius 1 is 1.41 bits per heavy atom. The summed E-state index contributed by atoms with van der Waals surface area (Å²) < 4.78 is 13.6. The summed E-state index contributed by atoms with van der Waals surface area (Å²) in [5, 5.41) is 3.27. The number of aromatic nitrogens is 1. The van der Waals surface area contributed by atoms with Gasteiger partial charge in [-0.1, -0.05) is 12.1 Å². The molecule has 22 heavy (non-hydrogen) atoms. The van der Waals surface area contributed by atoms with Gasteiger partial charge in [-0.25, -0.2) is 9.37 Å². The van der Waals surface area contributed by atoms with Gasteiger partial charge in [0, 0.05) is 18.2 Å². The lowest BCUT2D eigenvalue weighted by molar-refractivity contribution is 0.0956. The fraction of sp³-hybridized carbons (Fsp3) is 0.286. The molecule has 1 unspecified atom stereocenters. The minimum Gasteiger partial charge on any atom is -0.351 e. The van der Waals surface area contributed by atoms with Crippen molar-refractivity contribution < 1.29 is 9.18 Å². The van der Waals surface area contributed by atoms with Gasteiger partial charge in [0.1, 0.15) is 15.7 Å². The van der Waals surface area contributed by atoms with E-state index in [1.165, 1.54) is 23.6 Å². The van der Waals surface area contributed by atoms with Crippen LogP contribution in [0.5, 0.6) is 0 Å². The monoisotopic (exact) mass is 365 g/mol. The van der Waals surface area contributed by atoms with Crippen LogP contribution in [0.2, 0.25) is 0 Å². The van der Waals surface area contributed by atoms with Crippen molar-refractivity contribution in [3.8, 4) is 10.6 Å². The lowest BCUT2D eigenvalue weighted by atomic mass is 10.2. The summed E-state index contributed by atoms with van der Waals surface area (Å²) in [6.45, 7) is 2.40. The number of thiazole rings is 1. The molecule has 0 aliphatic rings. The smallest absolute Gasteiger partial charge is 0.263 e. The molecule has 0 fully saturated rings. The van der Waals surface area contributed by atoms with Crippen molar-refractivity contribution in [1.29, 1.82) is 0 Å². The van der Waals surface area contributed by atoms with Crippen LogP contribution in [0.3, 0.4) is 0 Å². The maximum absolute atomic E-state index is 13.6. The molecule has 0 aliphatic carbocycles. The summed E-state index contributed by atoms with van der Waals surface area (Å²) in [7, 11) is 0. The molecule has 0 bridgehead atoms. The first-order valence-corrected chi connectivity index (χ1v) is 7.14. The standard InChI is InChI=1S/C14H16FN3OS.2ClH/c1-9(16)6-7-17-13(19)12-8-18-14(20-12)10-4-2-3-5-11(10)15;;/h2-5,8-9H,6-7,16H2,1H3,(H,17,19);2*1H. The van der Waals surface area contributed by atoms with Gasteiger partial charge in [0.15, 0.2) is 0 Å². The molecule has 0 saturated heterocycles. The molecule has 2 aromatic rings. The third kappa shape index (κ3) is 5.53. The number of benzene rings is 1. The number of nitrogens with two attached hydrogens (primary N) is 1. The van der Waals surface area contributed by atoms with E-state index >= 15 is 0 Å². The van der Waals surface area contributed by atoms with E-state index in [4.69, 9.17) is 5.73 Å². The number of nitrogens with zero attached hydrogens (tertiary/aromatic N) is 1. The molecule has 122 valence electrons. The molecular weight excluding hydrogens is 348 g/mol. The topological polar surface area (TPSA) is 68.0 Å². The fourth-order valence-electron chi connectivity index (χ4n) is 1.64. The molecule has 2 rings (SSSR count). The number of hydrogen-bond acceptors (Lipinski definition) is 4. The fourth-order valence-corrected chi connectivity index (χ4v) is 2.50. The average Bonchev–Trinajstić information content (AvgIpc) is 2.88. The zero-order valence-electron chi connectivity index (χ0n) is 11.9. The normalized spacial score (nSPS) is 11.0. The summed E-state index contributed by atoms with van der Waals surface area (Å²) in [6, 6.07) is 6.42. The molecule has 3 N–H and O–H groups in total. The lowest BCUT2D eigenvalue weighted by Crippen LogP contribution is -2.28. The van der Waals surface area contributed by atoms with Crippen LogP contribution in [-0.2, 0) is 0 Å². The van der Waals surface area contributed by atoms with Crippen LogP contribution < -0.4 is 11.1 Å². The highest BCUT2D eigenvalue weighted by Crippen LogP contribution is 2.27. The molecule has 0 radical (unpaired) electrons. The van der Waals surface area contributed by atoms with Gasteiger partial charge in [-0.05, 0) is 25.5 Å². The first-order chi connectivity index (χ1) is 9.58. The number of rotatable bonds is 5. The minimum atomic E-state index is -0.342. The Morgan fingerprint density at radius 2 is 2.09 bits per heavy atom. The highest BCUT2D eigenvalue weighted by atomic mass is 35.5. The van der Waals surface area contributed by atoms with Gasteiger partial charge in [-0.2, -0.15) is 0 Å². The maximum Gasteiger partial charge on any atom is 0.263 e. The number of hydrogen-bond donors (Lipinski definition) is 2. The van der Waals surface area contributed by atoms with E-state index in [0.29, 0.717) is 28.4 Å². The van der Waals surface area contributed by atoms with Crippen LogP contribution in [0.4, 0.5) is 4.39 Å². The summed E-state index contributed by atoms with van der Waals surface area (Å²) in [6.07, 6.45) is 2.18. The molecule has 1 heterocycles. The summed E-state index contributed by atoms with van der Waals surface area (Å²) in [4.78, 5) is 16.5. The van der Waals surface area contributed by atoms with Crippen LogP contribution in [0, 0.1) is 5.82 Å². The van der Waals surface area contributed by atoms with Gasteiger partial charge < -0.3 is 11.1 Å². The van der Waals surface area contributed by atoms with Crippen LogP contribution in [0.25, 0.3) is 10.6 Å². The maximum atomic E-state index is 13.6. The summed E-state index contributed by atoms with van der Waals surface area (Å²) in [5.74, 6) is -0.545. The largest absolute Gasteiger partial charge is 0.351 e. The highest BCUT2D eigenvalue weighted by molar-refractivity contribution is 7.16. The molecule has 0 saturated carbocycles. The van der Waals surface area contributed by atoms with Crippen molar-refractivity contribution in [3.05, 3.63) is 41.2 Å². The van der Waals surface area contributed by atoms with E-state index < -0.39 is 0 Å². The Morgan fingerprint density at radius 3 is 2.73 bits per heavy atom. The second-order valence-corrected chi connectivity index (χ2v) is 5.56. The van der Waals surface area contributed by atoms with Crippen LogP contribution in [-0.4, -0.2) is 23.5 Å². The number of nitrogens with one attached hydrogen (secondary N) is 1. The zero-order valence-corrected chi connectivity index (χ0v) is 14.4. The average molecular weight is 366 g/mol. The second-order valence-electron chi connectivity index (χ2n) is 4.53. The molecule has 1 aromatic carbocycles. The minimum absolute atomic E-state index is 0. The predicted octanol–water partition coefficient (Wildman–Crippen LogP) is 3.26. The van der Waals surface area contributed by atoms with E-state index in [0.717, 1.165) is 0 Å². The van der Waals surface area contributed by atoms with Crippen molar-refractivity contribution >= 4 is 42.1 Å². The van der Waals surface area contributed by atoms with Gasteiger partial charge >= 0.3 is 0 Å². The number of amides is 1. The van der Waals surface area contributed by atoms with Crippen molar-refractivity contribution in [1.82, 2.24) is 10.3 Å². The van der Waals surface area contributed by atoms with Crippen LogP contribution in [0.15, 0.2) is 30.5 Å². The molecule has 4 nitrogen and oxygen atoms in total. The third-order valence-corrected chi connectivity index (χ3v) is 3.75. The molecule has 0 aliphatic heterocycles. The quantitative estimate of drug-likeness (QED) is 0.854. The molecule has 8 heteroatoms. The summed E-state index contributed by atoms with van der Waals surface area (Å²) in [5.41, 5.74) is 6.02. The molecule has 0 spiro atoms. The van der Waals surface area contributed by atoms with Crippen LogP contribution in [0.1, 0.15) is 23.0 Å². The van der Waals surface area contributed by atoms with Gasteiger partial charge in [0.05, 0.1) is 6.20 Å². The van der Waals surface area contributed by atoms with E-state index in [1.54, 1.807) is 18.2 Å². The molecule has 1 amide bonds. The number of halogens is 3. The summed E-state index contributed by atoms with van der Waals surface area (Å²) >= 11 is 1.17. The Bertz CT molecular complexity index is 607. The van der Waals surface area contributed by atoms with Gasteiger partial charge in [0.25, 0.3) is 5.91 Å². The van der Waals surface area contributed by atoms with Gasteiger partial charge in [-0.15, -0.1) is 36.2 Å². The molecular formula is C14H18Cl2FN3OS. The first kappa shape index (κ1) is 20.8. The van der Waals surface area contributed by atoms with Crippen LogP contribution >= 0.6 is 36.2 Å². The van der Waals surface area contributed by atoms with E-state index in [9.17, 15) is 9.18 Å². The Labute approximate surface area is 145 Å². The van der Waals surface area contributed by atoms with E-state index in [-0.39, 0.29) is 42.6 Å². The number of carbonyl (C=O) groups is 1. The Balaban J connectivity index is 0.00000220. The predicted molar refractivity (Wildman–Crippen MR) is 92.6 cm³/mol. The third-order valence-electron chi connectivity index (χ3n) is 2.72. The SMILES string of the molecule is CC(N)CCNC(=O)c1cnc(-c2ccccc2F)s1.Cl.Cl. The molecule has 1 atom stereocenters. The Kier molecular flexibility index (Phi) is 9.20. The molecule has 1 aromatic heterocycles. The van der Waals surface area contributed by atoms with Crippen molar-refractivity contribution in [2.24, 2.45) is 5.73 Å². The van der Waals surface area contributed by atoms with Crippen molar-refractivity contribution in [2.45, 2.75) is 19.4 Å². The Hall–Kier alpha value is -1.21. The van der Waals surface area contributed by atoms with Gasteiger partial charge in [-0.3, -0.25) is 4.79 Å². The van der Waals surface area contributed by atoms with E-state index in [2.05, 4.69) is 10.3 Å². The zero-order chi connectivity index (χ0) is 14.5. The highest BCUT2D eigenvalue weighted by Gasteiger charge is 2.13. The number of carbonyl (C=O) groups excluding carboxylic acids is 1. The second kappa shape index (κ2) is 9.74. The van der Waals surface area contributed by atoms with Gasteiger partial charge in [0.2, 0.25) is 0 Å². The van der Waals surface area contributed by atoms with Crippen molar-refractivity contribution in [3.63, 3.8) is 0 Å². The lowest BCUT2D eigenvalue weighted by Gasteiger charge is -2.05. The van der Waals surface area contributed by atoms with E-state index in [1.807, 2.05) is 6.92 Å².